The van der Waals surface area contributed by atoms with Gasteiger partial charge in [0.1, 0.15) is 0 Å². The molecule has 13 heavy (non-hydrogen) atoms. The first-order valence-electron chi connectivity index (χ1n) is 5.22. The van der Waals surface area contributed by atoms with Crippen LogP contribution in [0.4, 0.5) is 0 Å². The van der Waals surface area contributed by atoms with E-state index < -0.39 is 0 Å². The van der Waals surface area contributed by atoms with Crippen molar-refractivity contribution in [1.29, 1.82) is 0 Å². The number of pyridine rings is 1. The van der Waals surface area contributed by atoms with Crippen LogP contribution in [0.25, 0.3) is 0 Å². The van der Waals surface area contributed by atoms with Gasteiger partial charge in [-0.05, 0) is 48.3 Å². The van der Waals surface area contributed by atoms with Gasteiger partial charge in [-0.1, -0.05) is 13.8 Å². The van der Waals surface area contributed by atoms with Crippen LogP contribution in [0.15, 0.2) is 18.5 Å². The summed E-state index contributed by atoms with van der Waals surface area (Å²) in [6.45, 7) is 4.62. The van der Waals surface area contributed by atoms with Crippen LogP contribution < -0.4 is 0 Å². The molecule has 0 radical (unpaired) electrons. The van der Waals surface area contributed by atoms with Gasteiger partial charge in [-0.3, -0.25) is 4.98 Å². The Bertz CT molecular complexity index is 291. The highest BCUT2D eigenvalue weighted by Crippen LogP contribution is 2.35. The molecule has 0 N–H and O–H groups in total. The minimum atomic E-state index is 0.748. The fourth-order valence-corrected chi connectivity index (χ4v) is 2.36. The van der Waals surface area contributed by atoms with E-state index >= 15 is 0 Å². The molecule has 0 saturated carbocycles. The van der Waals surface area contributed by atoms with Gasteiger partial charge in [-0.2, -0.15) is 0 Å². The standard InChI is InChI=1S/C12H17N/c1-9(2)11-5-3-4-10-6-7-13-8-12(10)11/h6-9,11H,3-5H2,1-2H3. The summed E-state index contributed by atoms with van der Waals surface area (Å²) in [5.74, 6) is 1.50. The van der Waals surface area contributed by atoms with Crippen molar-refractivity contribution >= 4 is 0 Å². The highest BCUT2D eigenvalue weighted by molar-refractivity contribution is 5.29. The van der Waals surface area contributed by atoms with E-state index in [1.54, 1.807) is 0 Å². The lowest BCUT2D eigenvalue weighted by Gasteiger charge is -2.27. The van der Waals surface area contributed by atoms with Crippen LogP contribution in [0.1, 0.15) is 43.7 Å². The van der Waals surface area contributed by atoms with Gasteiger partial charge >= 0.3 is 0 Å². The summed E-state index contributed by atoms with van der Waals surface area (Å²) in [6, 6.07) is 2.18. The minimum Gasteiger partial charge on any atom is -0.264 e. The second-order valence-electron chi connectivity index (χ2n) is 4.32. The zero-order chi connectivity index (χ0) is 9.26. The van der Waals surface area contributed by atoms with E-state index in [0.717, 1.165) is 11.8 Å². The summed E-state index contributed by atoms with van der Waals surface area (Å²) in [4.78, 5) is 4.23. The van der Waals surface area contributed by atoms with Crippen LogP contribution in [0.3, 0.4) is 0 Å². The Morgan fingerprint density at radius 2 is 2.31 bits per heavy atom. The lowest BCUT2D eigenvalue weighted by Crippen LogP contribution is -2.14. The fraction of sp³-hybridized carbons (Fsp3) is 0.583. The summed E-state index contributed by atoms with van der Waals surface area (Å²) in [5, 5.41) is 0. The summed E-state index contributed by atoms with van der Waals surface area (Å²) in [6.07, 6.45) is 7.93. The molecular weight excluding hydrogens is 158 g/mol. The summed E-state index contributed by atoms with van der Waals surface area (Å²) >= 11 is 0. The van der Waals surface area contributed by atoms with Gasteiger partial charge in [0, 0.05) is 12.4 Å². The topological polar surface area (TPSA) is 12.9 Å². The fourth-order valence-electron chi connectivity index (χ4n) is 2.36. The second kappa shape index (κ2) is 3.49. The monoisotopic (exact) mass is 175 g/mol. The number of aromatic nitrogens is 1. The van der Waals surface area contributed by atoms with Crippen molar-refractivity contribution in [2.75, 3.05) is 0 Å². The van der Waals surface area contributed by atoms with E-state index in [1.807, 2.05) is 6.20 Å². The molecular formula is C12H17N. The molecule has 1 aliphatic rings. The van der Waals surface area contributed by atoms with Gasteiger partial charge in [0.25, 0.3) is 0 Å². The average Bonchev–Trinajstić information content (AvgIpc) is 2.17. The van der Waals surface area contributed by atoms with E-state index in [9.17, 15) is 0 Å². The lowest BCUT2D eigenvalue weighted by molar-refractivity contribution is 0.432. The normalized spacial score (nSPS) is 21.6. The molecule has 0 aromatic carbocycles. The van der Waals surface area contributed by atoms with Crippen LogP contribution in [-0.2, 0) is 6.42 Å². The van der Waals surface area contributed by atoms with Crippen molar-refractivity contribution in [2.45, 2.75) is 39.0 Å². The zero-order valence-electron chi connectivity index (χ0n) is 8.46. The Kier molecular flexibility index (Phi) is 2.34. The maximum atomic E-state index is 4.23. The number of rotatable bonds is 1. The van der Waals surface area contributed by atoms with Crippen LogP contribution in [-0.4, -0.2) is 4.98 Å². The maximum Gasteiger partial charge on any atom is 0.0305 e. The molecule has 1 nitrogen and oxygen atoms in total. The van der Waals surface area contributed by atoms with Crippen LogP contribution in [0.5, 0.6) is 0 Å². The van der Waals surface area contributed by atoms with Crippen LogP contribution in [0, 0.1) is 5.92 Å². The van der Waals surface area contributed by atoms with Gasteiger partial charge in [0.15, 0.2) is 0 Å². The van der Waals surface area contributed by atoms with Crippen LogP contribution in [0.2, 0.25) is 0 Å². The third kappa shape index (κ3) is 1.60. The highest BCUT2D eigenvalue weighted by Gasteiger charge is 2.22. The molecule has 0 fully saturated rings. The molecule has 70 valence electrons. The molecule has 0 aliphatic heterocycles. The molecule has 1 aliphatic carbocycles. The van der Waals surface area contributed by atoms with Gasteiger partial charge < -0.3 is 0 Å². The first kappa shape index (κ1) is 8.74. The van der Waals surface area contributed by atoms with Crippen molar-refractivity contribution in [3.05, 3.63) is 29.6 Å². The molecule has 1 unspecified atom stereocenters. The number of hydrogen-bond donors (Lipinski definition) is 0. The molecule has 0 saturated heterocycles. The molecule has 2 rings (SSSR count). The highest BCUT2D eigenvalue weighted by atomic mass is 14.6. The van der Waals surface area contributed by atoms with E-state index in [2.05, 4.69) is 31.1 Å². The zero-order valence-corrected chi connectivity index (χ0v) is 8.46. The molecule has 1 atom stereocenters. The SMILES string of the molecule is CC(C)C1CCCc2ccncc21. The predicted molar refractivity (Wildman–Crippen MR) is 54.8 cm³/mol. The molecule has 1 heterocycles. The Morgan fingerprint density at radius 3 is 3.08 bits per heavy atom. The second-order valence-corrected chi connectivity index (χ2v) is 4.32. The molecule has 0 bridgehead atoms. The summed E-state index contributed by atoms with van der Waals surface area (Å²) < 4.78 is 0. The van der Waals surface area contributed by atoms with Crippen molar-refractivity contribution in [1.82, 2.24) is 4.98 Å². The number of hydrogen-bond acceptors (Lipinski definition) is 1. The molecule has 0 amide bonds. The lowest BCUT2D eigenvalue weighted by atomic mass is 9.78. The third-order valence-electron chi connectivity index (χ3n) is 3.11. The van der Waals surface area contributed by atoms with E-state index in [1.165, 1.54) is 30.4 Å². The summed E-state index contributed by atoms with van der Waals surface area (Å²) in [7, 11) is 0. The Morgan fingerprint density at radius 1 is 1.46 bits per heavy atom. The van der Waals surface area contributed by atoms with E-state index in [-0.39, 0.29) is 0 Å². The minimum absolute atomic E-state index is 0.748. The van der Waals surface area contributed by atoms with Crippen molar-refractivity contribution < 1.29 is 0 Å². The first-order chi connectivity index (χ1) is 6.29. The molecule has 0 spiro atoms. The van der Waals surface area contributed by atoms with Crippen molar-refractivity contribution in [3.8, 4) is 0 Å². The van der Waals surface area contributed by atoms with Gasteiger partial charge in [-0.15, -0.1) is 0 Å². The maximum absolute atomic E-state index is 4.23. The van der Waals surface area contributed by atoms with Crippen molar-refractivity contribution in [3.63, 3.8) is 0 Å². The smallest absolute Gasteiger partial charge is 0.0305 e. The summed E-state index contributed by atoms with van der Waals surface area (Å²) in [5.41, 5.74) is 3.03. The predicted octanol–water partition coefficient (Wildman–Crippen LogP) is 3.16. The van der Waals surface area contributed by atoms with Gasteiger partial charge in [-0.25, -0.2) is 0 Å². The molecule has 1 heteroatoms. The molecule has 1 aromatic heterocycles. The number of nitrogens with zero attached hydrogens (tertiary/aromatic N) is 1. The van der Waals surface area contributed by atoms with Crippen molar-refractivity contribution in [2.24, 2.45) is 5.92 Å². The number of fused-ring (bicyclic) bond motifs is 1. The van der Waals surface area contributed by atoms with Gasteiger partial charge in [0.05, 0.1) is 0 Å². The largest absolute Gasteiger partial charge is 0.264 e. The Hall–Kier alpha value is -0.850. The van der Waals surface area contributed by atoms with E-state index in [4.69, 9.17) is 0 Å². The van der Waals surface area contributed by atoms with E-state index in [0.29, 0.717) is 0 Å². The first-order valence-corrected chi connectivity index (χ1v) is 5.22. The van der Waals surface area contributed by atoms with Gasteiger partial charge in [0.2, 0.25) is 0 Å². The molecule has 1 aromatic rings. The third-order valence-corrected chi connectivity index (χ3v) is 3.11. The van der Waals surface area contributed by atoms with Crippen LogP contribution >= 0.6 is 0 Å². The quantitative estimate of drug-likeness (QED) is 0.639. The number of aryl methyl sites for hydroxylation is 1. The Balaban J connectivity index is 2.37. The average molecular weight is 175 g/mol. The Labute approximate surface area is 80.2 Å².